The molecule has 7 nitrogen and oxygen atoms in total. The van der Waals surface area contributed by atoms with Crippen molar-refractivity contribution in [3.05, 3.63) is 124 Å². The lowest BCUT2D eigenvalue weighted by molar-refractivity contribution is 0.309. The summed E-state index contributed by atoms with van der Waals surface area (Å²) in [5.74, 6) is 3.06. The first-order valence-electron chi connectivity index (χ1n) is 14.6. The molecule has 1 atom stereocenters. The highest BCUT2D eigenvalue weighted by atomic mass is 79.9. The van der Waals surface area contributed by atoms with E-state index in [1.165, 1.54) is 0 Å². The summed E-state index contributed by atoms with van der Waals surface area (Å²) >= 11 is 3.71. The van der Waals surface area contributed by atoms with Gasteiger partial charge in [0.05, 0.1) is 35.4 Å². The smallest absolute Gasteiger partial charge is 0.179 e. The van der Waals surface area contributed by atoms with Crippen LogP contribution in [-0.4, -0.2) is 28.1 Å². The van der Waals surface area contributed by atoms with E-state index in [-0.39, 0.29) is 6.04 Å². The normalized spacial score (nSPS) is 15.1. The van der Waals surface area contributed by atoms with E-state index < -0.39 is 0 Å². The van der Waals surface area contributed by atoms with Gasteiger partial charge in [-0.15, -0.1) is 0 Å². The minimum Gasteiger partial charge on any atom is -0.494 e. The van der Waals surface area contributed by atoms with Gasteiger partial charge in [-0.3, -0.25) is 0 Å². The second-order valence-electron chi connectivity index (χ2n) is 10.6. The van der Waals surface area contributed by atoms with Gasteiger partial charge in [0, 0.05) is 15.7 Å². The van der Waals surface area contributed by atoms with Crippen molar-refractivity contribution in [3.63, 3.8) is 0 Å². The van der Waals surface area contributed by atoms with Crippen molar-refractivity contribution in [2.75, 3.05) is 16.8 Å². The number of hydrogen-bond acceptors (Lipinski definition) is 6. The van der Waals surface area contributed by atoms with E-state index in [9.17, 15) is 0 Å². The molecule has 0 fully saturated rings. The molecule has 0 saturated carbocycles. The first kappa shape index (κ1) is 27.2. The number of unbranched alkanes of at least 4 members (excludes halogenated alkanes) is 1. The summed E-state index contributed by atoms with van der Waals surface area (Å²) < 4.78 is 8.85. The topological polar surface area (TPSA) is 67.0 Å². The lowest BCUT2D eigenvalue weighted by Gasteiger charge is -2.40. The predicted molar refractivity (Wildman–Crippen MR) is 178 cm³/mol. The van der Waals surface area contributed by atoms with Gasteiger partial charge in [-0.25, -0.2) is 14.7 Å². The molecule has 4 aromatic carbocycles. The van der Waals surface area contributed by atoms with Gasteiger partial charge in [0.2, 0.25) is 0 Å². The summed E-state index contributed by atoms with van der Waals surface area (Å²) in [7, 11) is 0. The Morgan fingerprint density at radius 3 is 2.47 bits per heavy atom. The maximum atomic E-state index is 5.89. The maximum Gasteiger partial charge on any atom is 0.179 e. The van der Waals surface area contributed by atoms with E-state index in [0.717, 1.165) is 74.3 Å². The zero-order chi connectivity index (χ0) is 29.3. The van der Waals surface area contributed by atoms with Gasteiger partial charge in [-0.05, 0) is 79.6 Å². The van der Waals surface area contributed by atoms with E-state index in [4.69, 9.17) is 19.8 Å². The third kappa shape index (κ3) is 5.12. The van der Waals surface area contributed by atoms with Crippen LogP contribution in [-0.2, 0) is 0 Å². The van der Waals surface area contributed by atoms with Crippen LogP contribution in [0.1, 0.15) is 42.6 Å². The number of aromatic nitrogens is 2. The quantitative estimate of drug-likeness (QED) is 0.182. The molecule has 0 amide bonds. The Hall–Kier alpha value is -4.69. The fourth-order valence-corrected chi connectivity index (χ4v) is 6.06. The fourth-order valence-electron chi connectivity index (χ4n) is 5.64. The molecule has 0 unspecified atom stereocenters. The second-order valence-corrected chi connectivity index (χ2v) is 11.5. The maximum absolute atomic E-state index is 5.89. The predicted octanol–water partition coefficient (Wildman–Crippen LogP) is 8.92. The summed E-state index contributed by atoms with van der Waals surface area (Å²) in [5.41, 5.74) is 6.85. The minimum atomic E-state index is -0.180. The highest BCUT2D eigenvalue weighted by molar-refractivity contribution is 9.10. The standard InChI is InChI=1S/C35H31BrN6O/c1-3-4-21-43-28-19-17-26(18-20-28)37-33-35-39-34-31(23(2)40-42(34)27-13-6-5-7-14-27)32(24-11-10-12-25(36)22-24)41(35)30-16-9-8-15-29(30)38-33/h5-20,22,32H,3-4,21H2,1-2H3,(H,37,38)/t32-/m0/s1. The lowest BCUT2D eigenvalue weighted by Crippen LogP contribution is -2.46. The molecule has 0 spiro atoms. The van der Waals surface area contributed by atoms with E-state index in [1.54, 1.807) is 0 Å². The first-order valence-corrected chi connectivity index (χ1v) is 15.4. The van der Waals surface area contributed by atoms with Crippen LogP contribution in [0.4, 0.5) is 22.9 Å². The number of aliphatic imine (C=N–C) groups is 2. The number of ether oxygens (including phenoxy) is 1. The third-order valence-electron chi connectivity index (χ3n) is 7.69. The number of rotatable bonds is 7. The minimum absolute atomic E-state index is 0.180. The number of fused-ring (bicyclic) bond motifs is 4. The van der Waals surface area contributed by atoms with Gasteiger partial charge in [0.25, 0.3) is 0 Å². The zero-order valence-corrected chi connectivity index (χ0v) is 25.6. The van der Waals surface area contributed by atoms with Crippen LogP contribution in [0.5, 0.6) is 5.75 Å². The number of benzene rings is 4. The Labute approximate surface area is 259 Å². The molecule has 0 radical (unpaired) electrons. The number of aryl methyl sites for hydroxylation is 1. The number of para-hydroxylation sites is 3. The van der Waals surface area contributed by atoms with Crippen LogP contribution in [0, 0.1) is 6.92 Å². The van der Waals surface area contributed by atoms with Crippen LogP contribution < -0.4 is 15.0 Å². The number of halogens is 1. The Kier molecular flexibility index (Phi) is 7.28. The van der Waals surface area contributed by atoms with E-state index in [0.29, 0.717) is 12.4 Å². The van der Waals surface area contributed by atoms with Gasteiger partial charge >= 0.3 is 0 Å². The number of nitrogens with one attached hydrogen (secondary N) is 1. The number of amidine groups is 2. The highest BCUT2D eigenvalue weighted by Gasteiger charge is 2.41. The van der Waals surface area contributed by atoms with Crippen LogP contribution in [0.3, 0.4) is 0 Å². The van der Waals surface area contributed by atoms with Gasteiger partial charge in [0.15, 0.2) is 17.5 Å². The molecule has 43 heavy (non-hydrogen) atoms. The van der Waals surface area contributed by atoms with Crippen molar-refractivity contribution in [1.29, 1.82) is 0 Å². The molecule has 0 saturated heterocycles. The zero-order valence-electron chi connectivity index (χ0n) is 24.0. The SMILES string of the molecule is CCCCOc1ccc(NC2=Nc3ccccc3N3C2=Nc2c(c(C)nn2-c2ccccc2)[C@@H]3c2cccc(Br)c2)cc1. The Morgan fingerprint density at radius 1 is 0.884 bits per heavy atom. The van der Waals surface area contributed by atoms with Crippen molar-refractivity contribution in [2.45, 2.75) is 32.7 Å². The van der Waals surface area contributed by atoms with Crippen molar-refractivity contribution < 1.29 is 4.74 Å². The van der Waals surface area contributed by atoms with Gasteiger partial charge < -0.3 is 15.0 Å². The summed E-state index contributed by atoms with van der Waals surface area (Å²) in [4.78, 5) is 12.7. The van der Waals surface area contributed by atoms with E-state index in [1.807, 2.05) is 59.3 Å². The average molecular weight is 632 g/mol. The summed E-state index contributed by atoms with van der Waals surface area (Å²) in [5, 5.41) is 8.60. The molecule has 1 N–H and O–H groups in total. The number of anilines is 2. The monoisotopic (exact) mass is 630 g/mol. The summed E-state index contributed by atoms with van der Waals surface area (Å²) in [6.45, 7) is 4.94. The molecule has 1 aromatic heterocycles. The van der Waals surface area contributed by atoms with E-state index >= 15 is 0 Å². The summed E-state index contributed by atoms with van der Waals surface area (Å²) in [6, 6.07) is 34.7. The third-order valence-corrected chi connectivity index (χ3v) is 8.18. The molecular formula is C35H31BrN6O. The molecule has 5 aromatic rings. The summed E-state index contributed by atoms with van der Waals surface area (Å²) in [6.07, 6.45) is 2.14. The number of nitrogens with zero attached hydrogens (tertiary/aromatic N) is 5. The molecular weight excluding hydrogens is 600 g/mol. The van der Waals surface area contributed by atoms with Crippen molar-refractivity contribution in [1.82, 2.24) is 9.78 Å². The van der Waals surface area contributed by atoms with Crippen molar-refractivity contribution >= 4 is 50.5 Å². The highest BCUT2D eigenvalue weighted by Crippen LogP contribution is 2.48. The molecule has 8 heteroatoms. The van der Waals surface area contributed by atoms with Crippen LogP contribution in [0.2, 0.25) is 0 Å². The second kappa shape index (κ2) is 11.5. The largest absolute Gasteiger partial charge is 0.494 e. The van der Waals surface area contributed by atoms with Gasteiger partial charge in [0.1, 0.15) is 5.75 Å². The molecule has 0 aliphatic carbocycles. The van der Waals surface area contributed by atoms with Gasteiger partial charge in [-0.1, -0.05) is 71.7 Å². The fraction of sp³-hybridized carbons (Fsp3) is 0.171. The number of hydrogen-bond donors (Lipinski definition) is 1. The molecule has 2 aliphatic heterocycles. The van der Waals surface area contributed by atoms with Crippen LogP contribution in [0.25, 0.3) is 5.69 Å². The first-order chi connectivity index (χ1) is 21.1. The van der Waals surface area contributed by atoms with Crippen molar-refractivity contribution in [3.8, 4) is 11.4 Å². The average Bonchev–Trinajstić information content (AvgIpc) is 3.37. The van der Waals surface area contributed by atoms with Crippen molar-refractivity contribution in [2.24, 2.45) is 9.98 Å². The van der Waals surface area contributed by atoms with Crippen LogP contribution >= 0.6 is 15.9 Å². The Morgan fingerprint density at radius 2 is 1.67 bits per heavy atom. The van der Waals surface area contributed by atoms with E-state index in [2.05, 4.69) is 88.5 Å². The Balaban J connectivity index is 1.39. The molecule has 7 rings (SSSR count). The Bertz CT molecular complexity index is 1840. The van der Waals surface area contributed by atoms with Crippen LogP contribution in [0.15, 0.2) is 118 Å². The molecule has 2 aliphatic rings. The van der Waals surface area contributed by atoms with Gasteiger partial charge in [-0.2, -0.15) is 5.10 Å². The molecule has 3 heterocycles. The molecule has 0 bridgehead atoms. The molecule has 214 valence electrons. The lowest BCUT2D eigenvalue weighted by atomic mass is 9.93.